The average Bonchev–Trinajstić information content (AvgIpc) is 3.53. The Kier molecular flexibility index (Phi) is 4.53. The minimum atomic E-state index is -0.290. The second-order valence-electron chi connectivity index (χ2n) is 8.99. The van der Waals surface area contributed by atoms with E-state index in [-0.39, 0.29) is 17.1 Å². The number of hydrogen-bond donors (Lipinski definition) is 0. The van der Waals surface area contributed by atoms with Crippen molar-refractivity contribution in [2.75, 3.05) is 0 Å². The van der Waals surface area contributed by atoms with E-state index in [9.17, 15) is 9.59 Å². The molecule has 3 heterocycles. The van der Waals surface area contributed by atoms with Gasteiger partial charge in [-0.05, 0) is 53.2 Å². The van der Waals surface area contributed by atoms with Crippen LogP contribution in [0.3, 0.4) is 0 Å². The summed E-state index contributed by atoms with van der Waals surface area (Å²) in [5.74, 6) is 0.607. The third kappa shape index (κ3) is 3.18. The number of carbonyl (C=O) groups excluding carboxylic acids is 2. The van der Waals surface area contributed by atoms with Gasteiger partial charge in [0.05, 0.1) is 5.57 Å². The lowest BCUT2D eigenvalue weighted by Crippen LogP contribution is -2.04. The smallest absolute Gasteiger partial charge is 0.197 e. The predicted molar refractivity (Wildman–Crippen MR) is 142 cm³/mol. The Morgan fingerprint density at radius 1 is 0.757 bits per heavy atom. The third-order valence-corrected chi connectivity index (χ3v) is 6.78. The molecule has 0 atom stereocenters. The minimum absolute atomic E-state index is 0.102. The van der Waals surface area contributed by atoms with Gasteiger partial charge >= 0.3 is 0 Å². The fraction of sp³-hybridized carbons (Fsp3) is 0.0333. The summed E-state index contributed by atoms with van der Waals surface area (Å²) in [5.41, 5.74) is 3.91. The van der Waals surface area contributed by atoms with Gasteiger partial charge in [0.1, 0.15) is 11.6 Å². The standard InChI is InChI=1S/C30H19N5O2/c1-34-28(20-10-7-13-31-17-20)33-30-29(34)32-25(35(30)21-11-3-2-4-12-21)16-24-26(36)22-14-18-8-5-6-9-19(18)15-23(22)27(24)37/h2-17H,1H3. The number of imidazole rings is 2. The number of carbonyl (C=O) groups is 2. The highest BCUT2D eigenvalue weighted by atomic mass is 16.2. The summed E-state index contributed by atoms with van der Waals surface area (Å²) >= 11 is 0. The molecular formula is C30H19N5O2. The second-order valence-corrected chi connectivity index (χ2v) is 8.99. The van der Waals surface area contributed by atoms with Gasteiger partial charge in [-0.3, -0.25) is 19.1 Å². The molecule has 37 heavy (non-hydrogen) atoms. The molecule has 0 aliphatic heterocycles. The van der Waals surface area contributed by atoms with Crippen molar-refractivity contribution in [3.8, 4) is 17.1 Å². The monoisotopic (exact) mass is 481 g/mol. The zero-order chi connectivity index (χ0) is 25.1. The number of rotatable bonds is 3. The van der Waals surface area contributed by atoms with Gasteiger partial charge in [0.2, 0.25) is 0 Å². The van der Waals surface area contributed by atoms with Gasteiger partial charge < -0.3 is 4.57 Å². The Hall–Kier alpha value is -5.17. The molecule has 0 radical (unpaired) electrons. The Balaban J connectivity index is 1.43. The molecule has 1 aliphatic rings. The lowest BCUT2D eigenvalue weighted by Gasteiger charge is -2.06. The first-order valence-electron chi connectivity index (χ1n) is 11.8. The number of Topliss-reactive ketones (excluding diaryl/α,β-unsaturated/α-hetero) is 2. The van der Waals surface area contributed by atoms with Crippen molar-refractivity contribution < 1.29 is 9.59 Å². The molecule has 7 heteroatoms. The first kappa shape index (κ1) is 21.1. The van der Waals surface area contributed by atoms with E-state index in [1.54, 1.807) is 30.6 Å². The van der Waals surface area contributed by atoms with Crippen LogP contribution in [0.4, 0.5) is 0 Å². The molecule has 7 rings (SSSR count). The number of para-hydroxylation sites is 1. The van der Waals surface area contributed by atoms with Crippen LogP contribution in [0.25, 0.3) is 45.2 Å². The van der Waals surface area contributed by atoms with Crippen molar-refractivity contribution in [2.24, 2.45) is 7.05 Å². The van der Waals surface area contributed by atoms with Crippen LogP contribution < -0.4 is 0 Å². The molecule has 0 spiro atoms. The van der Waals surface area contributed by atoms with Crippen LogP contribution in [-0.4, -0.2) is 35.7 Å². The van der Waals surface area contributed by atoms with Gasteiger partial charge in [0, 0.05) is 41.8 Å². The van der Waals surface area contributed by atoms with Crippen LogP contribution in [0, 0.1) is 0 Å². The van der Waals surface area contributed by atoms with E-state index in [1.807, 2.05) is 82.9 Å². The van der Waals surface area contributed by atoms with Crippen LogP contribution in [0.2, 0.25) is 0 Å². The summed E-state index contributed by atoms with van der Waals surface area (Å²) < 4.78 is 3.77. The molecule has 0 saturated heterocycles. The predicted octanol–water partition coefficient (Wildman–Crippen LogP) is 5.44. The summed E-state index contributed by atoms with van der Waals surface area (Å²) in [5, 5.41) is 1.85. The molecule has 7 nitrogen and oxygen atoms in total. The second kappa shape index (κ2) is 7.93. The molecular weight excluding hydrogens is 462 g/mol. The minimum Gasteiger partial charge on any atom is -0.310 e. The topological polar surface area (TPSA) is 82.7 Å². The van der Waals surface area contributed by atoms with Crippen molar-refractivity contribution in [2.45, 2.75) is 0 Å². The SMILES string of the molecule is Cn1c(-c2cccnc2)nc2c1nc(C=C1C(=O)c3cc4ccccc4cc3C1=O)n2-c1ccccc1. The van der Waals surface area contributed by atoms with Crippen molar-refractivity contribution in [1.29, 1.82) is 0 Å². The Morgan fingerprint density at radius 3 is 2.08 bits per heavy atom. The first-order valence-corrected chi connectivity index (χ1v) is 11.8. The zero-order valence-corrected chi connectivity index (χ0v) is 19.8. The summed E-state index contributed by atoms with van der Waals surface area (Å²) in [6.45, 7) is 0. The molecule has 1 aliphatic carbocycles. The number of benzene rings is 3. The van der Waals surface area contributed by atoms with Crippen LogP contribution in [0.1, 0.15) is 26.5 Å². The Morgan fingerprint density at radius 2 is 1.43 bits per heavy atom. The maximum atomic E-state index is 13.4. The molecule has 3 aromatic heterocycles. The quantitative estimate of drug-likeness (QED) is 0.248. The number of ketones is 2. The molecule has 6 aromatic rings. The highest BCUT2D eigenvalue weighted by molar-refractivity contribution is 6.42. The fourth-order valence-electron chi connectivity index (χ4n) is 4.97. The molecule has 0 N–H and O–H groups in total. The van der Waals surface area contributed by atoms with Gasteiger partial charge in [0.25, 0.3) is 0 Å². The molecule has 176 valence electrons. The molecule has 0 saturated carbocycles. The van der Waals surface area contributed by atoms with Gasteiger partial charge in [-0.2, -0.15) is 0 Å². The summed E-state index contributed by atoms with van der Waals surface area (Å²) in [7, 11) is 1.89. The van der Waals surface area contributed by atoms with E-state index in [2.05, 4.69) is 4.98 Å². The summed E-state index contributed by atoms with van der Waals surface area (Å²) in [4.78, 5) is 40.8. The number of aromatic nitrogens is 5. The third-order valence-electron chi connectivity index (χ3n) is 6.78. The number of allylic oxidation sites excluding steroid dienone is 1. The fourth-order valence-corrected chi connectivity index (χ4v) is 4.97. The van der Waals surface area contributed by atoms with E-state index in [0.717, 1.165) is 27.8 Å². The highest BCUT2D eigenvalue weighted by Crippen LogP contribution is 2.33. The first-order chi connectivity index (χ1) is 18.1. The van der Waals surface area contributed by atoms with Crippen molar-refractivity contribution in [3.05, 3.63) is 114 Å². The van der Waals surface area contributed by atoms with E-state index in [4.69, 9.17) is 9.97 Å². The number of fused-ring (bicyclic) bond motifs is 3. The maximum Gasteiger partial charge on any atom is 0.197 e. The van der Waals surface area contributed by atoms with Crippen LogP contribution in [0.15, 0.2) is 96.8 Å². The highest BCUT2D eigenvalue weighted by Gasteiger charge is 2.34. The molecule has 0 unspecified atom stereocenters. The number of aryl methyl sites for hydroxylation is 1. The number of nitrogens with zero attached hydrogens (tertiary/aromatic N) is 5. The summed E-state index contributed by atoms with van der Waals surface area (Å²) in [6.07, 6.45) is 5.07. The number of hydrogen-bond acceptors (Lipinski definition) is 5. The molecule has 0 fully saturated rings. The van der Waals surface area contributed by atoms with Gasteiger partial charge in [-0.25, -0.2) is 9.97 Å². The van der Waals surface area contributed by atoms with E-state index in [0.29, 0.717) is 28.2 Å². The van der Waals surface area contributed by atoms with E-state index < -0.39 is 0 Å². The normalized spacial score (nSPS) is 13.1. The van der Waals surface area contributed by atoms with Gasteiger partial charge in [-0.1, -0.05) is 42.5 Å². The van der Waals surface area contributed by atoms with Crippen LogP contribution in [-0.2, 0) is 7.05 Å². The maximum absolute atomic E-state index is 13.4. The number of pyridine rings is 1. The van der Waals surface area contributed by atoms with Crippen molar-refractivity contribution >= 4 is 39.7 Å². The van der Waals surface area contributed by atoms with E-state index in [1.165, 1.54) is 0 Å². The Bertz CT molecular complexity index is 1860. The lowest BCUT2D eigenvalue weighted by atomic mass is 10.0. The van der Waals surface area contributed by atoms with Crippen molar-refractivity contribution in [1.82, 2.24) is 24.1 Å². The van der Waals surface area contributed by atoms with Crippen LogP contribution >= 0.6 is 0 Å². The molecule has 0 amide bonds. The largest absolute Gasteiger partial charge is 0.310 e. The Labute approximate surface area is 211 Å². The molecule has 0 bridgehead atoms. The van der Waals surface area contributed by atoms with Crippen LogP contribution in [0.5, 0.6) is 0 Å². The average molecular weight is 482 g/mol. The van der Waals surface area contributed by atoms with Gasteiger partial charge in [-0.15, -0.1) is 0 Å². The lowest BCUT2D eigenvalue weighted by molar-refractivity contribution is 0.0990. The van der Waals surface area contributed by atoms with Gasteiger partial charge in [0.15, 0.2) is 22.9 Å². The summed E-state index contributed by atoms with van der Waals surface area (Å²) in [6, 6.07) is 24.8. The molecule has 3 aromatic carbocycles. The zero-order valence-electron chi connectivity index (χ0n) is 19.8. The van der Waals surface area contributed by atoms with E-state index >= 15 is 0 Å². The van der Waals surface area contributed by atoms with Crippen molar-refractivity contribution in [3.63, 3.8) is 0 Å².